The fraction of sp³-hybridized carbons (Fsp3) is 0.385. The van der Waals surface area contributed by atoms with Crippen molar-refractivity contribution in [1.82, 2.24) is 0 Å². The molecule has 0 saturated heterocycles. The summed E-state index contributed by atoms with van der Waals surface area (Å²) in [5, 5.41) is 21.2. The lowest BCUT2D eigenvalue weighted by atomic mass is 10.1. The van der Waals surface area contributed by atoms with Crippen LogP contribution >= 0.6 is 11.6 Å². The number of carboxylic acid groups (broad SMARTS) is 1. The molecule has 1 aromatic carbocycles. The minimum absolute atomic E-state index is 0.321. The molecule has 0 aliphatic heterocycles. The van der Waals surface area contributed by atoms with Gasteiger partial charge in [0.15, 0.2) is 6.04 Å². The van der Waals surface area contributed by atoms with Crippen molar-refractivity contribution in [2.45, 2.75) is 26.0 Å². The minimum atomic E-state index is -1.02. The van der Waals surface area contributed by atoms with E-state index in [1.807, 2.05) is 6.07 Å². The predicted octanol–water partition coefficient (Wildman–Crippen LogP) is 2.42. The quantitative estimate of drug-likeness (QED) is 0.867. The van der Waals surface area contributed by atoms with Crippen LogP contribution in [0.5, 0.6) is 0 Å². The normalized spacial score (nSPS) is 13.4. The van der Waals surface area contributed by atoms with Crippen LogP contribution in [-0.2, 0) is 9.53 Å². The summed E-state index contributed by atoms with van der Waals surface area (Å²) in [5.74, 6) is -1.02. The van der Waals surface area contributed by atoms with Crippen LogP contribution in [0.1, 0.15) is 18.1 Å². The molecule has 0 radical (unpaired) electrons. The number of hydrogen-bond acceptors (Lipinski definition) is 4. The van der Waals surface area contributed by atoms with Gasteiger partial charge in [0.2, 0.25) is 0 Å². The molecule has 1 aromatic rings. The topological polar surface area (TPSA) is 82.3 Å². The van der Waals surface area contributed by atoms with Gasteiger partial charge in [0.1, 0.15) is 6.07 Å². The van der Waals surface area contributed by atoms with Gasteiger partial charge < -0.3 is 15.2 Å². The number of aliphatic carboxylic acids is 1. The van der Waals surface area contributed by atoms with E-state index in [0.29, 0.717) is 21.8 Å². The molecule has 0 fully saturated rings. The number of hydrogen-bond donors (Lipinski definition) is 2. The van der Waals surface area contributed by atoms with Crippen LogP contribution in [-0.4, -0.2) is 30.3 Å². The fourth-order valence-corrected chi connectivity index (χ4v) is 1.82. The monoisotopic (exact) mass is 282 g/mol. The number of nitrogens with zero attached hydrogens (tertiary/aromatic N) is 1. The molecule has 2 N–H and O–H groups in total. The van der Waals surface area contributed by atoms with E-state index in [9.17, 15) is 4.79 Å². The third kappa shape index (κ3) is 3.37. The van der Waals surface area contributed by atoms with E-state index in [1.165, 1.54) is 7.11 Å². The summed E-state index contributed by atoms with van der Waals surface area (Å²) in [4.78, 5) is 11.2. The van der Waals surface area contributed by atoms with Crippen LogP contribution in [0.3, 0.4) is 0 Å². The Morgan fingerprint density at radius 3 is 2.68 bits per heavy atom. The largest absolute Gasteiger partial charge is 0.480 e. The number of nitriles is 1. The number of benzene rings is 1. The second-order valence-electron chi connectivity index (χ2n) is 4.11. The Morgan fingerprint density at radius 2 is 2.21 bits per heavy atom. The standard InChI is InChI=1S/C13H15ClN2O3/c1-7-10(5-4-9(6-15)11(7)14)16-12(13(17)18)8(2)19-3/h4-5,8,12,16H,1-3H3,(H,17,18)/t8-,12+/m0/s1. The van der Waals surface area contributed by atoms with Crippen molar-refractivity contribution in [3.05, 3.63) is 28.3 Å². The lowest BCUT2D eigenvalue weighted by Crippen LogP contribution is -2.40. The van der Waals surface area contributed by atoms with Crippen LogP contribution in [0.15, 0.2) is 12.1 Å². The van der Waals surface area contributed by atoms with E-state index in [2.05, 4.69) is 5.32 Å². The van der Waals surface area contributed by atoms with Gasteiger partial charge in [-0.25, -0.2) is 4.79 Å². The van der Waals surface area contributed by atoms with Crippen molar-refractivity contribution in [2.24, 2.45) is 0 Å². The number of ether oxygens (including phenoxy) is 1. The van der Waals surface area contributed by atoms with Crippen molar-refractivity contribution >= 4 is 23.3 Å². The van der Waals surface area contributed by atoms with Gasteiger partial charge >= 0.3 is 5.97 Å². The summed E-state index contributed by atoms with van der Waals surface area (Å²) in [6, 6.07) is 4.26. The Labute approximate surface area is 116 Å². The van der Waals surface area contributed by atoms with Crippen LogP contribution in [0, 0.1) is 18.3 Å². The molecular weight excluding hydrogens is 268 g/mol. The van der Waals surface area contributed by atoms with Crippen LogP contribution in [0.4, 0.5) is 5.69 Å². The van der Waals surface area contributed by atoms with E-state index in [4.69, 9.17) is 26.7 Å². The number of halogens is 1. The van der Waals surface area contributed by atoms with Gasteiger partial charge in [0.05, 0.1) is 16.7 Å². The minimum Gasteiger partial charge on any atom is -0.480 e. The summed E-state index contributed by atoms with van der Waals surface area (Å²) in [6.45, 7) is 3.38. The first-order chi connectivity index (χ1) is 8.92. The number of nitrogens with one attached hydrogen (secondary N) is 1. The molecular formula is C13H15ClN2O3. The number of methoxy groups -OCH3 is 1. The molecule has 2 atom stereocenters. The molecule has 0 saturated carbocycles. The summed E-state index contributed by atoms with van der Waals surface area (Å²) < 4.78 is 5.03. The van der Waals surface area contributed by atoms with Gasteiger partial charge in [-0.1, -0.05) is 11.6 Å². The lowest BCUT2D eigenvalue weighted by molar-refractivity contribution is -0.140. The van der Waals surface area contributed by atoms with Crippen molar-refractivity contribution in [1.29, 1.82) is 5.26 Å². The van der Waals surface area contributed by atoms with Gasteiger partial charge in [-0.15, -0.1) is 0 Å². The Morgan fingerprint density at radius 1 is 1.58 bits per heavy atom. The number of carbonyl (C=O) groups is 1. The molecule has 0 amide bonds. The summed E-state index contributed by atoms with van der Waals surface area (Å²) in [7, 11) is 1.45. The molecule has 19 heavy (non-hydrogen) atoms. The van der Waals surface area contributed by atoms with E-state index in [1.54, 1.807) is 26.0 Å². The number of carboxylic acids is 1. The first-order valence-electron chi connectivity index (χ1n) is 5.63. The third-order valence-corrected chi connectivity index (χ3v) is 3.41. The highest BCUT2D eigenvalue weighted by molar-refractivity contribution is 6.32. The Balaban J connectivity index is 3.08. The third-order valence-electron chi connectivity index (χ3n) is 2.93. The molecule has 0 bridgehead atoms. The second kappa shape index (κ2) is 6.41. The van der Waals surface area contributed by atoms with Gasteiger partial charge in [-0.05, 0) is 31.5 Å². The highest BCUT2D eigenvalue weighted by Gasteiger charge is 2.25. The maximum atomic E-state index is 11.2. The highest BCUT2D eigenvalue weighted by Crippen LogP contribution is 2.27. The summed E-state index contributed by atoms with van der Waals surface area (Å²) in [6.07, 6.45) is -0.508. The van der Waals surface area contributed by atoms with E-state index in [0.717, 1.165) is 0 Å². The molecule has 5 nitrogen and oxygen atoms in total. The molecule has 0 heterocycles. The molecule has 0 aromatic heterocycles. The van der Waals surface area contributed by atoms with Gasteiger partial charge in [-0.3, -0.25) is 0 Å². The van der Waals surface area contributed by atoms with Crippen LogP contribution < -0.4 is 5.32 Å². The zero-order valence-corrected chi connectivity index (χ0v) is 11.7. The van der Waals surface area contributed by atoms with E-state index >= 15 is 0 Å². The van der Waals surface area contributed by atoms with E-state index < -0.39 is 18.1 Å². The Kier molecular flexibility index (Phi) is 5.16. The maximum absolute atomic E-state index is 11.2. The molecule has 1 rings (SSSR count). The highest BCUT2D eigenvalue weighted by atomic mass is 35.5. The molecule has 6 heteroatoms. The Hall–Kier alpha value is -1.77. The molecule has 0 aliphatic carbocycles. The summed E-state index contributed by atoms with van der Waals surface area (Å²) >= 11 is 6.03. The lowest BCUT2D eigenvalue weighted by Gasteiger charge is -2.22. The van der Waals surface area contributed by atoms with Crippen LogP contribution in [0.25, 0.3) is 0 Å². The number of rotatable bonds is 5. The van der Waals surface area contributed by atoms with Crippen molar-refractivity contribution in [3.8, 4) is 6.07 Å². The SMILES string of the molecule is CO[C@@H](C)[C@@H](Nc1ccc(C#N)c(Cl)c1C)C(=O)O. The van der Waals surface area contributed by atoms with E-state index in [-0.39, 0.29) is 0 Å². The molecule has 0 aliphatic rings. The maximum Gasteiger partial charge on any atom is 0.328 e. The first-order valence-corrected chi connectivity index (χ1v) is 6.01. The zero-order chi connectivity index (χ0) is 14.6. The zero-order valence-electron chi connectivity index (χ0n) is 10.9. The smallest absolute Gasteiger partial charge is 0.328 e. The second-order valence-corrected chi connectivity index (χ2v) is 4.49. The predicted molar refractivity (Wildman–Crippen MR) is 72.4 cm³/mol. The van der Waals surface area contributed by atoms with Crippen molar-refractivity contribution in [2.75, 3.05) is 12.4 Å². The summed E-state index contributed by atoms with van der Waals surface area (Å²) in [5.41, 5.74) is 1.56. The molecule has 102 valence electrons. The molecule has 0 unspecified atom stereocenters. The van der Waals surface area contributed by atoms with Crippen molar-refractivity contribution < 1.29 is 14.6 Å². The Bertz CT molecular complexity index is 525. The molecule has 0 spiro atoms. The van der Waals surface area contributed by atoms with Crippen molar-refractivity contribution in [3.63, 3.8) is 0 Å². The average molecular weight is 283 g/mol. The van der Waals surface area contributed by atoms with Gasteiger partial charge in [0, 0.05) is 12.8 Å². The van der Waals surface area contributed by atoms with Crippen LogP contribution in [0.2, 0.25) is 5.02 Å². The average Bonchev–Trinajstić information content (AvgIpc) is 2.39. The van der Waals surface area contributed by atoms with Gasteiger partial charge in [-0.2, -0.15) is 5.26 Å². The number of anilines is 1. The van der Waals surface area contributed by atoms with Gasteiger partial charge in [0.25, 0.3) is 0 Å². The fourth-order valence-electron chi connectivity index (χ4n) is 1.61. The first kappa shape index (κ1) is 15.3.